The van der Waals surface area contributed by atoms with Gasteiger partial charge in [-0.2, -0.15) is 4.58 Å². The number of pyridine rings is 1. The van der Waals surface area contributed by atoms with Gasteiger partial charge in [-0.15, -0.1) is 0 Å². The molecule has 0 saturated heterocycles. The number of amides is 1. The zero-order valence-corrected chi connectivity index (χ0v) is 22.3. The summed E-state index contributed by atoms with van der Waals surface area (Å²) in [5.41, 5.74) is 2.74. The average molecular weight is 566 g/mol. The van der Waals surface area contributed by atoms with E-state index >= 15 is 0 Å². The number of aryl methyl sites for hydroxylation is 1. The summed E-state index contributed by atoms with van der Waals surface area (Å²) in [5, 5.41) is 14.5. The predicted octanol–water partition coefficient (Wildman–Crippen LogP) is 5.06. The number of nitrogens with zero attached hydrogens (tertiary/aromatic N) is 5. The number of aromatic nitrogens is 3. The molecule has 3 atom stereocenters. The van der Waals surface area contributed by atoms with Crippen molar-refractivity contribution in [3.05, 3.63) is 75.4 Å². The van der Waals surface area contributed by atoms with Crippen LogP contribution in [0.2, 0.25) is 4.34 Å². The number of carbonyl (C=O) groups excluding carboxylic acids is 1. The van der Waals surface area contributed by atoms with Gasteiger partial charge in [0.05, 0.1) is 36.4 Å². The van der Waals surface area contributed by atoms with Crippen LogP contribution >= 0.6 is 22.9 Å². The number of carbonyl (C=O) groups is 1. The normalized spacial score (nSPS) is 21.6. The number of aliphatic hydroxyl groups is 1. The van der Waals surface area contributed by atoms with E-state index < -0.39 is 18.0 Å². The van der Waals surface area contributed by atoms with Crippen LogP contribution in [0.25, 0.3) is 11.6 Å². The Bertz CT molecular complexity index is 1630. The van der Waals surface area contributed by atoms with Crippen LogP contribution in [0, 0.1) is 18.7 Å². The van der Waals surface area contributed by atoms with Crippen molar-refractivity contribution in [3.63, 3.8) is 0 Å². The van der Waals surface area contributed by atoms with Gasteiger partial charge < -0.3 is 14.8 Å². The number of oxazole rings is 1. The number of aliphatic hydroxyl groups excluding tert-OH is 1. The number of hydrogen-bond donors (Lipinski definition) is 2. The number of hydrogen-bond acceptors (Lipinski definition) is 8. The Morgan fingerprint density at radius 3 is 2.87 bits per heavy atom. The number of nitrogens with one attached hydrogen (secondary N) is 1. The Kier molecular flexibility index (Phi) is 6.79. The van der Waals surface area contributed by atoms with E-state index in [2.05, 4.69) is 20.3 Å². The van der Waals surface area contributed by atoms with Gasteiger partial charge in [-0.3, -0.25) is 4.79 Å². The van der Waals surface area contributed by atoms with Crippen LogP contribution in [-0.2, 0) is 0 Å². The molecule has 1 fully saturated rings. The van der Waals surface area contributed by atoms with E-state index in [0.29, 0.717) is 51.5 Å². The smallest absolute Gasteiger partial charge is 0.339 e. The van der Waals surface area contributed by atoms with Crippen molar-refractivity contribution >= 4 is 52.3 Å². The largest absolute Gasteiger partial charge is 0.443 e. The summed E-state index contributed by atoms with van der Waals surface area (Å²) in [6, 6.07) is 7.70. The highest BCUT2D eigenvalue weighted by molar-refractivity contribution is 7.17. The van der Waals surface area contributed by atoms with Crippen LogP contribution in [0.1, 0.15) is 40.3 Å². The molecule has 0 bridgehead atoms. The molecule has 1 saturated carbocycles. The summed E-state index contributed by atoms with van der Waals surface area (Å²) in [4.78, 5) is 30.2. The fraction of sp³-hybridized carbons (Fsp3) is 0.259. The van der Waals surface area contributed by atoms with Gasteiger partial charge in [0.2, 0.25) is 11.6 Å². The molecule has 1 unspecified atom stereocenters. The summed E-state index contributed by atoms with van der Waals surface area (Å²) in [5.74, 6) is -0.421. The molecular formula is C27H23ClFN6O3S+. The Labute approximate surface area is 231 Å². The quantitative estimate of drug-likeness (QED) is 0.327. The Hall–Kier alpha value is -3.80. The van der Waals surface area contributed by atoms with E-state index in [1.165, 1.54) is 12.3 Å². The average Bonchev–Trinajstić information content (AvgIpc) is 3.65. The van der Waals surface area contributed by atoms with Gasteiger partial charge in [0.25, 0.3) is 5.91 Å². The first-order chi connectivity index (χ1) is 18.9. The number of rotatable bonds is 5. The van der Waals surface area contributed by atoms with Gasteiger partial charge in [-0.1, -0.05) is 41.5 Å². The van der Waals surface area contributed by atoms with Crippen molar-refractivity contribution in [2.75, 3.05) is 0 Å². The third-order valence-electron chi connectivity index (χ3n) is 6.76. The number of amidine groups is 1. The van der Waals surface area contributed by atoms with Gasteiger partial charge in [0.1, 0.15) is 27.7 Å². The molecule has 0 spiro atoms. The summed E-state index contributed by atoms with van der Waals surface area (Å²) in [7, 11) is 0. The lowest BCUT2D eigenvalue weighted by atomic mass is 9.83. The van der Waals surface area contributed by atoms with Gasteiger partial charge in [-0.25, -0.2) is 19.3 Å². The van der Waals surface area contributed by atoms with Crippen LogP contribution < -0.4 is 5.32 Å². The fourth-order valence-corrected chi connectivity index (χ4v) is 5.70. The Balaban J connectivity index is 1.36. The first-order valence-electron chi connectivity index (χ1n) is 12.4. The molecule has 2 aliphatic rings. The van der Waals surface area contributed by atoms with E-state index in [-0.39, 0.29) is 16.8 Å². The monoisotopic (exact) mass is 565 g/mol. The lowest BCUT2D eigenvalue weighted by molar-refractivity contribution is -0.298. The van der Waals surface area contributed by atoms with Crippen molar-refractivity contribution in [1.82, 2.24) is 20.3 Å². The summed E-state index contributed by atoms with van der Waals surface area (Å²) in [6.07, 6.45) is 7.57. The molecule has 3 aromatic heterocycles. The number of fused-ring (bicyclic) bond motifs is 1. The zero-order chi connectivity index (χ0) is 27.1. The van der Waals surface area contributed by atoms with Crippen LogP contribution in [0.3, 0.4) is 0 Å². The van der Waals surface area contributed by atoms with Crippen molar-refractivity contribution in [3.8, 4) is 11.6 Å². The van der Waals surface area contributed by atoms with Crippen molar-refractivity contribution in [1.29, 1.82) is 0 Å². The van der Waals surface area contributed by atoms with Gasteiger partial charge in [0.15, 0.2) is 10.7 Å². The fourth-order valence-electron chi connectivity index (χ4n) is 4.89. The highest BCUT2D eigenvalue weighted by atomic mass is 35.5. The first-order valence-corrected chi connectivity index (χ1v) is 13.6. The topological polar surface area (TPSA) is 117 Å². The molecule has 4 aromatic rings. The Morgan fingerprint density at radius 2 is 2.13 bits per heavy atom. The standard InChI is InChI=1S/C27H22ClFN6O3S/c1-14-13-38-26(32-14)19-9-21-20(10-30-19)33-24(16-6-2-3-7-17(16)29)35(21)12-15-5-4-8-18(23(15)36)34-25(37)27-31-11-22(28)39-27/h2-3,6-7,9-13,15,18,23,36H,4-5,8H2,1H3/p+1/t15?,18-,23-/m1/s1. The molecule has 198 valence electrons. The van der Waals surface area contributed by atoms with Gasteiger partial charge in [0, 0.05) is 12.0 Å². The predicted molar refractivity (Wildman–Crippen MR) is 145 cm³/mol. The molecule has 1 aliphatic heterocycles. The molecule has 9 nitrogen and oxygen atoms in total. The van der Waals surface area contributed by atoms with Gasteiger partial charge in [-0.05, 0) is 36.9 Å². The number of aliphatic imine (C=N–C) groups is 1. The molecular weight excluding hydrogens is 543 g/mol. The zero-order valence-electron chi connectivity index (χ0n) is 20.7. The molecule has 1 aliphatic carbocycles. The lowest BCUT2D eigenvalue weighted by Gasteiger charge is -2.33. The second-order valence-electron chi connectivity index (χ2n) is 9.42. The lowest BCUT2D eigenvalue weighted by Crippen LogP contribution is -2.49. The maximum Gasteiger partial charge on any atom is 0.339 e. The summed E-state index contributed by atoms with van der Waals surface area (Å²) >= 11 is 7.01. The van der Waals surface area contributed by atoms with Crippen LogP contribution in [0.4, 0.5) is 15.8 Å². The number of halogens is 2. The number of thiazole rings is 1. The van der Waals surface area contributed by atoms with E-state index in [4.69, 9.17) is 21.0 Å². The van der Waals surface area contributed by atoms with E-state index in [9.17, 15) is 14.3 Å². The molecule has 0 radical (unpaired) electrons. The van der Waals surface area contributed by atoms with Gasteiger partial charge >= 0.3 is 5.84 Å². The van der Waals surface area contributed by atoms with E-state index in [0.717, 1.165) is 23.5 Å². The third-order valence-corrected chi connectivity index (χ3v) is 7.87. The van der Waals surface area contributed by atoms with Crippen molar-refractivity contribution in [2.45, 2.75) is 38.3 Å². The summed E-state index contributed by atoms with van der Waals surface area (Å²) in [6.45, 7) is 1.82. The molecule has 1 aromatic carbocycles. The minimum atomic E-state index is -0.889. The van der Waals surface area contributed by atoms with Crippen LogP contribution in [0.5, 0.6) is 0 Å². The van der Waals surface area contributed by atoms with E-state index in [1.807, 2.05) is 13.1 Å². The maximum absolute atomic E-state index is 14.9. The third kappa shape index (κ3) is 5.00. The first kappa shape index (κ1) is 25.5. The van der Waals surface area contributed by atoms with E-state index in [1.54, 1.807) is 41.3 Å². The highest BCUT2D eigenvalue weighted by Gasteiger charge is 2.38. The van der Waals surface area contributed by atoms with Crippen LogP contribution in [0.15, 0.2) is 58.4 Å². The molecule has 2 N–H and O–H groups in total. The number of benzene rings is 1. The highest BCUT2D eigenvalue weighted by Crippen LogP contribution is 2.38. The second-order valence-corrected chi connectivity index (χ2v) is 11.1. The van der Waals surface area contributed by atoms with Crippen molar-refractivity contribution in [2.24, 2.45) is 10.9 Å². The SMILES string of the molecule is Cc1coc(-c2cc3c(cn2)N=C(c2ccccc2F)[N+]3=CC2CCC[C@@H](NC(=O)c3ncc(Cl)s3)[C@@H]2O)n1. The summed E-state index contributed by atoms with van der Waals surface area (Å²) < 4.78 is 22.7. The molecule has 1 amide bonds. The maximum atomic E-state index is 14.9. The molecule has 39 heavy (non-hydrogen) atoms. The Morgan fingerprint density at radius 1 is 1.28 bits per heavy atom. The minimum Gasteiger partial charge on any atom is -0.443 e. The minimum absolute atomic E-state index is 0.238. The second kappa shape index (κ2) is 10.4. The van der Waals surface area contributed by atoms with Crippen LogP contribution in [-0.4, -0.2) is 54.7 Å². The molecule has 12 heteroatoms. The van der Waals surface area contributed by atoms with Crippen molar-refractivity contribution < 1.29 is 23.3 Å². The molecule has 6 rings (SSSR count). The molecule has 4 heterocycles.